The van der Waals surface area contributed by atoms with Gasteiger partial charge in [0.1, 0.15) is 5.76 Å². The Balaban J connectivity index is 1.78. The number of hydrogen-bond donors (Lipinski definition) is 0. The van der Waals surface area contributed by atoms with E-state index in [1.54, 1.807) is 36.4 Å². The summed E-state index contributed by atoms with van der Waals surface area (Å²) in [5.41, 5.74) is 1.28. The minimum absolute atomic E-state index is 0.0454. The first kappa shape index (κ1) is 20.3. The standard InChI is InChI=1S/C23H20ClNO5/c1-23(2)11-17(26)20-18(12-23)30-22(21(27)14-3-7-15(24)8-4-14)19(20)13-5-9-16(10-6-13)25(28)29/h3-10,19,22H,11-12H2,1-2H3/t19-,22-/m1/s1. The molecule has 1 aliphatic heterocycles. The van der Waals surface area contributed by atoms with Crippen LogP contribution in [0.1, 0.15) is 48.5 Å². The number of non-ortho nitro benzene ring substituents is 1. The lowest BCUT2D eigenvalue weighted by molar-refractivity contribution is -0.384. The molecule has 30 heavy (non-hydrogen) atoms. The van der Waals surface area contributed by atoms with E-state index in [4.69, 9.17) is 16.3 Å². The van der Waals surface area contributed by atoms with E-state index in [1.165, 1.54) is 12.1 Å². The maximum absolute atomic E-state index is 13.3. The van der Waals surface area contributed by atoms with Gasteiger partial charge in [0, 0.05) is 41.1 Å². The van der Waals surface area contributed by atoms with Gasteiger partial charge in [0.2, 0.25) is 5.78 Å². The van der Waals surface area contributed by atoms with E-state index in [-0.39, 0.29) is 22.7 Å². The first-order chi connectivity index (χ1) is 14.2. The Morgan fingerprint density at radius 1 is 1.10 bits per heavy atom. The summed E-state index contributed by atoms with van der Waals surface area (Å²) in [7, 11) is 0. The van der Waals surface area contributed by atoms with E-state index in [1.807, 2.05) is 13.8 Å². The van der Waals surface area contributed by atoms with Crippen molar-refractivity contribution in [2.45, 2.75) is 38.7 Å². The fraction of sp³-hybridized carbons (Fsp3) is 0.304. The largest absolute Gasteiger partial charge is 0.485 e. The number of benzene rings is 2. The maximum atomic E-state index is 13.3. The van der Waals surface area contributed by atoms with Gasteiger partial charge in [-0.1, -0.05) is 37.6 Å². The molecule has 1 aliphatic carbocycles. The number of carbonyl (C=O) groups excluding carboxylic acids is 2. The Morgan fingerprint density at radius 3 is 2.33 bits per heavy atom. The molecule has 0 unspecified atom stereocenters. The van der Waals surface area contributed by atoms with Crippen molar-refractivity contribution in [3.05, 3.63) is 86.1 Å². The number of carbonyl (C=O) groups is 2. The summed E-state index contributed by atoms with van der Waals surface area (Å²) in [4.78, 5) is 36.9. The molecule has 0 aromatic heterocycles. The highest BCUT2D eigenvalue weighted by atomic mass is 35.5. The van der Waals surface area contributed by atoms with Gasteiger partial charge in [-0.25, -0.2) is 0 Å². The van der Waals surface area contributed by atoms with Crippen LogP contribution in [-0.4, -0.2) is 22.6 Å². The van der Waals surface area contributed by atoms with Crippen molar-refractivity contribution < 1.29 is 19.2 Å². The number of nitro groups is 1. The van der Waals surface area contributed by atoms with Gasteiger partial charge in [0.05, 0.1) is 10.8 Å². The molecule has 2 atom stereocenters. The van der Waals surface area contributed by atoms with Gasteiger partial charge < -0.3 is 4.74 Å². The molecule has 0 saturated carbocycles. The SMILES string of the molecule is CC1(C)CC(=O)C2=C(C1)O[C@@H](C(=O)c1ccc(Cl)cc1)[C@@H]2c1ccc([N+](=O)[O-])cc1. The molecule has 4 rings (SSSR count). The number of ketones is 2. The molecule has 2 aromatic rings. The molecule has 0 radical (unpaired) electrons. The van der Waals surface area contributed by atoms with Crippen molar-refractivity contribution >= 4 is 28.9 Å². The van der Waals surface area contributed by atoms with Gasteiger partial charge in [0.15, 0.2) is 11.9 Å². The second kappa shape index (κ2) is 7.36. The fourth-order valence-corrected chi connectivity index (χ4v) is 4.36. The molecule has 0 amide bonds. The molecule has 154 valence electrons. The minimum Gasteiger partial charge on any atom is -0.485 e. The van der Waals surface area contributed by atoms with Crippen LogP contribution in [0, 0.1) is 15.5 Å². The molecule has 0 fully saturated rings. The third-order valence-electron chi connectivity index (χ3n) is 5.61. The highest BCUT2D eigenvalue weighted by Crippen LogP contribution is 2.49. The average molecular weight is 426 g/mol. The van der Waals surface area contributed by atoms with Crippen LogP contribution < -0.4 is 0 Å². The highest BCUT2D eigenvalue weighted by Gasteiger charge is 2.49. The van der Waals surface area contributed by atoms with Crippen LogP contribution >= 0.6 is 11.6 Å². The van der Waals surface area contributed by atoms with E-state index >= 15 is 0 Å². The fourth-order valence-electron chi connectivity index (χ4n) is 4.23. The van der Waals surface area contributed by atoms with Crippen molar-refractivity contribution in [1.29, 1.82) is 0 Å². The Bertz CT molecular complexity index is 1070. The number of nitro benzene ring substituents is 1. The second-order valence-electron chi connectivity index (χ2n) is 8.51. The Morgan fingerprint density at radius 2 is 1.73 bits per heavy atom. The van der Waals surface area contributed by atoms with E-state index in [0.29, 0.717) is 40.3 Å². The predicted molar refractivity (Wildman–Crippen MR) is 112 cm³/mol. The Kier molecular flexibility index (Phi) is 4.98. The van der Waals surface area contributed by atoms with Crippen molar-refractivity contribution in [1.82, 2.24) is 0 Å². The maximum Gasteiger partial charge on any atom is 0.269 e. The Labute approximate surface area is 178 Å². The van der Waals surface area contributed by atoms with Crippen LogP contribution in [0.25, 0.3) is 0 Å². The zero-order chi connectivity index (χ0) is 21.6. The lowest BCUT2D eigenvalue weighted by Gasteiger charge is -2.29. The number of halogens is 1. The molecule has 7 heteroatoms. The quantitative estimate of drug-likeness (QED) is 0.379. The summed E-state index contributed by atoms with van der Waals surface area (Å²) in [5, 5.41) is 11.5. The monoisotopic (exact) mass is 425 g/mol. The van der Waals surface area contributed by atoms with Gasteiger partial charge in [-0.2, -0.15) is 0 Å². The number of Topliss-reactive ketones (excluding diaryl/α,β-unsaturated/α-hetero) is 2. The number of hydrogen-bond acceptors (Lipinski definition) is 5. The van der Waals surface area contributed by atoms with Gasteiger partial charge in [-0.15, -0.1) is 0 Å². The molecular weight excluding hydrogens is 406 g/mol. The summed E-state index contributed by atoms with van der Waals surface area (Å²) >= 11 is 5.94. The zero-order valence-electron chi connectivity index (χ0n) is 16.6. The topological polar surface area (TPSA) is 86.5 Å². The third-order valence-corrected chi connectivity index (χ3v) is 5.86. The van der Waals surface area contributed by atoms with E-state index in [9.17, 15) is 19.7 Å². The molecule has 2 aromatic carbocycles. The van der Waals surface area contributed by atoms with E-state index in [0.717, 1.165) is 0 Å². The molecule has 1 heterocycles. The number of ether oxygens (including phenoxy) is 1. The molecular formula is C23H20ClNO5. The molecule has 6 nitrogen and oxygen atoms in total. The van der Waals surface area contributed by atoms with Crippen LogP contribution in [0.4, 0.5) is 5.69 Å². The van der Waals surface area contributed by atoms with Crippen molar-refractivity contribution in [2.75, 3.05) is 0 Å². The Hall–Kier alpha value is -2.99. The number of allylic oxidation sites excluding steroid dienone is 1. The normalized spacial score (nSPS) is 22.4. The molecule has 0 spiro atoms. The van der Waals surface area contributed by atoms with E-state index < -0.39 is 16.9 Å². The molecule has 2 aliphatic rings. The van der Waals surface area contributed by atoms with Crippen molar-refractivity contribution in [3.8, 4) is 0 Å². The highest BCUT2D eigenvalue weighted by molar-refractivity contribution is 6.30. The number of rotatable bonds is 4. The molecule has 0 saturated heterocycles. The van der Waals surface area contributed by atoms with Gasteiger partial charge in [-0.05, 0) is 35.2 Å². The zero-order valence-corrected chi connectivity index (χ0v) is 17.3. The van der Waals surface area contributed by atoms with Crippen LogP contribution in [0.15, 0.2) is 59.9 Å². The van der Waals surface area contributed by atoms with Gasteiger partial charge >= 0.3 is 0 Å². The number of nitrogens with zero attached hydrogens (tertiary/aromatic N) is 1. The van der Waals surface area contributed by atoms with Crippen LogP contribution in [0.5, 0.6) is 0 Å². The lowest BCUT2D eigenvalue weighted by Crippen LogP contribution is -2.29. The first-order valence-corrected chi connectivity index (χ1v) is 10.0. The van der Waals surface area contributed by atoms with Crippen molar-refractivity contribution in [2.24, 2.45) is 5.41 Å². The minimum atomic E-state index is -0.907. The second-order valence-corrected chi connectivity index (χ2v) is 8.95. The van der Waals surface area contributed by atoms with Crippen molar-refractivity contribution in [3.63, 3.8) is 0 Å². The molecule has 0 bridgehead atoms. The van der Waals surface area contributed by atoms with Gasteiger partial charge in [0.25, 0.3) is 5.69 Å². The summed E-state index contributed by atoms with van der Waals surface area (Å²) in [6, 6.07) is 12.5. The first-order valence-electron chi connectivity index (χ1n) is 9.63. The molecule has 0 N–H and O–H groups in total. The predicted octanol–water partition coefficient (Wildman–Crippen LogP) is 5.26. The van der Waals surface area contributed by atoms with Crippen LogP contribution in [-0.2, 0) is 9.53 Å². The third kappa shape index (κ3) is 3.63. The lowest BCUT2D eigenvalue weighted by atomic mass is 9.72. The summed E-state index contributed by atoms with van der Waals surface area (Å²) in [5.74, 6) is -0.356. The van der Waals surface area contributed by atoms with E-state index in [2.05, 4.69) is 0 Å². The average Bonchev–Trinajstić information content (AvgIpc) is 3.06. The van der Waals surface area contributed by atoms with Gasteiger partial charge in [-0.3, -0.25) is 19.7 Å². The summed E-state index contributed by atoms with van der Waals surface area (Å²) < 4.78 is 6.10. The van der Waals surface area contributed by atoms with Crippen LogP contribution in [0.2, 0.25) is 5.02 Å². The smallest absolute Gasteiger partial charge is 0.269 e. The summed E-state index contributed by atoms with van der Waals surface area (Å²) in [6.07, 6.45) is 0.0122. The summed E-state index contributed by atoms with van der Waals surface area (Å²) in [6.45, 7) is 3.99. The van der Waals surface area contributed by atoms with Crippen LogP contribution in [0.3, 0.4) is 0 Å².